The molecule has 10 rings (SSSR count). The highest BCUT2D eigenvalue weighted by Crippen LogP contribution is 2.46. The summed E-state index contributed by atoms with van der Waals surface area (Å²) in [6.45, 7) is 9.11. The third-order valence-corrected chi connectivity index (χ3v) is 10.7. The average molecular weight is 687 g/mol. The first-order valence-corrected chi connectivity index (χ1v) is 18.5. The highest BCUT2D eigenvalue weighted by Gasteiger charge is 2.28. The molecule has 0 amide bonds. The van der Waals surface area contributed by atoms with Crippen molar-refractivity contribution in [2.45, 2.75) is 39.5 Å². The second-order valence-electron chi connectivity index (χ2n) is 14.7. The zero-order valence-electron chi connectivity index (χ0n) is 30.2. The Bertz CT molecular complexity index is 3000. The minimum atomic E-state index is 0.160. The molecule has 0 saturated carbocycles. The van der Waals surface area contributed by atoms with Gasteiger partial charge in [0.05, 0.1) is 22.3 Å². The van der Waals surface area contributed by atoms with Gasteiger partial charge < -0.3 is 8.83 Å². The van der Waals surface area contributed by atoms with E-state index in [1.54, 1.807) is 0 Å². The second-order valence-corrected chi connectivity index (χ2v) is 14.7. The molecular formula is C49H38N2O2. The van der Waals surface area contributed by atoms with Crippen molar-refractivity contribution in [2.24, 2.45) is 0 Å². The van der Waals surface area contributed by atoms with Crippen molar-refractivity contribution in [2.75, 3.05) is 0 Å². The Morgan fingerprint density at radius 1 is 0.491 bits per heavy atom. The Morgan fingerprint density at radius 2 is 1.09 bits per heavy atom. The summed E-state index contributed by atoms with van der Waals surface area (Å²) >= 11 is 0. The Labute approximate surface area is 307 Å². The zero-order chi connectivity index (χ0) is 35.8. The molecule has 10 aromatic rings. The molecule has 0 spiro atoms. The Morgan fingerprint density at radius 3 is 1.74 bits per heavy atom. The van der Waals surface area contributed by atoms with E-state index < -0.39 is 0 Å². The van der Waals surface area contributed by atoms with Gasteiger partial charge in [-0.05, 0) is 88.2 Å². The summed E-state index contributed by atoms with van der Waals surface area (Å²) in [5.41, 5.74) is 14.6. The molecule has 0 bridgehead atoms. The Kier molecular flexibility index (Phi) is 7.16. The summed E-state index contributed by atoms with van der Waals surface area (Å²) in [6, 6.07) is 51.4. The standard InChI is InChI=1S/C49H38N2O2/c1-29(2)39-28-40-36-25-23-34(32-16-9-6-10-17-32)27-44(36)53-48(40)45(30(3)4)46(39)51-42-21-12-11-20-41(42)50-49(51)38-19-13-18-37-35-24-22-33(26-43(35)52-47(37)38)31-14-7-5-8-15-31/h5-30H,1-4H3. The van der Waals surface area contributed by atoms with Gasteiger partial charge in [-0.2, -0.15) is 0 Å². The Hall–Kier alpha value is -6.39. The molecule has 0 N–H and O–H groups in total. The molecule has 4 heteroatoms. The molecule has 7 aromatic carbocycles. The van der Waals surface area contributed by atoms with Gasteiger partial charge in [0.1, 0.15) is 28.2 Å². The van der Waals surface area contributed by atoms with Crippen LogP contribution in [0.1, 0.15) is 50.7 Å². The molecule has 3 heterocycles. The van der Waals surface area contributed by atoms with E-state index in [1.807, 2.05) is 6.07 Å². The minimum Gasteiger partial charge on any atom is -0.456 e. The fraction of sp³-hybridized carbons (Fsp3) is 0.122. The van der Waals surface area contributed by atoms with Gasteiger partial charge in [-0.1, -0.05) is 125 Å². The van der Waals surface area contributed by atoms with Gasteiger partial charge in [0.2, 0.25) is 0 Å². The monoisotopic (exact) mass is 686 g/mol. The topological polar surface area (TPSA) is 44.1 Å². The van der Waals surface area contributed by atoms with Gasteiger partial charge in [0.25, 0.3) is 0 Å². The molecular weight excluding hydrogens is 649 g/mol. The smallest absolute Gasteiger partial charge is 0.149 e. The maximum absolute atomic E-state index is 6.94. The SMILES string of the molecule is CC(C)c1cc2c(oc3cc(-c4ccccc4)ccc32)c(C(C)C)c1-n1c(-c2cccc3c2oc2cc(-c4ccccc4)ccc23)nc2ccccc21. The largest absolute Gasteiger partial charge is 0.456 e. The van der Waals surface area contributed by atoms with Crippen LogP contribution in [0.25, 0.3) is 94.2 Å². The number of rotatable bonds is 6. The van der Waals surface area contributed by atoms with Crippen LogP contribution >= 0.6 is 0 Å². The first-order valence-electron chi connectivity index (χ1n) is 18.5. The van der Waals surface area contributed by atoms with Crippen molar-refractivity contribution < 1.29 is 8.83 Å². The molecule has 0 radical (unpaired) electrons. The lowest BCUT2D eigenvalue weighted by Gasteiger charge is -2.23. The number of aromatic nitrogens is 2. The fourth-order valence-corrected chi connectivity index (χ4v) is 8.20. The number of hydrogen-bond acceptors (Lipinski definition) is 3. The van der Waals surface area contributed by atoms with Crippen molar-refractivity contribution in [1.29, 1.82) is 0 Å². The predicted molar refractivity (Wildman–Crippen MR) is 220 cm³/mol. The van der Waals surface area contributed by atoms with Gasteiger partial charge in [0, 0.05) is 27.1 Å². The van der Waals surface area contributed by atoms with Crippen LogP contribution in [0.15, 0.2) is 154 Å². The maximum atomic E-state index is 6.94. The van der Waals surface area contributed by atoms with Crippen molar-refractivity contribution >= 4 is 54.9 Å². The van der Waals surface area contributed by atoms with E-state index in [-0.39, 0.29) is 11.8 Å². The third kappa shape index (κ3) is 4.93. The van der Waals surface area contributed by atoms with Crippen LogP contribution in [-0.2, 0) is 0 Å². The summed E-state index contributed by atoms with van der Waals surface area (Å²) in [4.78, 5) is 5.39. The van der Waals surface area contributed by atoms with Crippen LogP contribution in [0.2, 0.25) is 0 Å². The van der Waals surface area contributed by atoms with E-state index in [0.717, 1.165) is 88.7 Å². The molecule has 0 fully saturated rings. The van der Waals surface area contributed by atoms with Gasteiger partial charge in [0.15, 0.2) is 0 Å². The van der Waals surface area contributed by atoms with E-state index in [2.05, 4.69) is 172 Å². The second kappa shape index (κ2) is 12.1. The summed E-state index contributed by atoms with van der Waals surface area (Å²) in [5.74, 6) is 1.24. The van der Waals surface area contributed by atoms with Gasteiger partial charge in [-0.25, -0.2) is 4.98 Å². The van der Waals surface area contributed by atoms with E-state index in [4.69, 9.17) is 13.8 Å². The van der Waals surface area contributed by atoms with Crippen molar-refractivity contribution in [3.8, 4) is 39.3 Å². The molecule has 4 nitrogen and oxygen atoms in total. The molecule has 0 aliphatic rings. The molecule has 3 aromatic heterocycles. The first kappa shape index (κ1) is 31.4. The van der Waals surface area contributed by atoms with Crippen LogP contribution in [0.5, 0.6) is 0 Å². The normalized spacial score (nSPS) is 12.1. The van der Waals surface area contributed by atoms with Crippen LogP contribution in [0.3, 0.4) is 0 Å². The zero-order valence-corrected chi connectivity index (χ0v) is 30.2. The fourth-order valence-electron chi connectivity index (χ4n) is 8.20. The highest BCUT2D eigenvalue weighted by molar-refractivity contribution is 6.11. The summed E-state index contributed by atoms with van der Waals surface area (Å²) < 4.78 is 16.1. The molecule has 0 atom stereocenters. The minimum absolute atomic E-state index is 0.160. The average Bonchev–Trinajstić information content (AvgIpc) is 3.88. The molecule has 0 unspecified atom stereocenters. The number of hydrogen-bond donors (Lipinski definition) is 0. The molecule has 0 saturated heterocycles. The maximum Gasteiger partial charge on any atom is 0.149 e. The number of furan rings is 2. The number of para-hydroxylation sites is 3. The van der Waals surface area contributed by atoms with Crippen LogP contribution < -0.4 is 0 Å². The van der Waals surface area contributed by atoms with Crippen LogP contribution in [0, 0.1) is 0 Å². The van der Waals surface area contributed by atoms with E-state index >= 15 is 0 Å². The number of imidazole rings is 1. The highest BCUT2D eigenvalue weighted by atomic mass is 16.3. The lowest BCUT2D eigenvalue weighted by molar-refractivity contribution is 0.655. The van der Waals surface area contributed by atoms with E-state index in [0.29, 0.717) is 0 Å². The third-order valence-electron chi connectivity index (χ3n) is 10.7. The first-order chi connectivity index (χ1) is 25.9. The van der Waals surface area contributed by atoms with Gasteiger partial charge in [-0.15, -0.1) is 0 Å². The molecule has 0 aliphatic heterocycles. The predicted octanol–water partition coefficient (Wildman–Crippen LogP) is 14.1. The van der Waals surface area contributed by atoms with E-state index in [9.17, 15) is 0 Å². The number of nitrogens with zero attached hydrogens (tertiary/aromatic N) is 2. The van der Waals surface area contributed by atoms with Gasteiger partial charge >= 0.3 is 0 Å². The molecule has 53 heavy (non-hydrogen) atoms. The Balaban J connectivity index is 1.26. The lowest BCUT2D eigenvalue weighted by atomic mass is 9.89. The number of fused-ring (bicyclic) bond motifs is 7. The van der Waals surface area contributed by atoms with Crippen molar-refractivity contribution in [1.82, 2.24) is 9.55 Å². The molecule has 0 aliphatic carbocycles. The quantitative estimate of drug-likeness (QED) is 0.175. The summed E-state index contributed by atoms with van der Waals surface area (Å²) in [5, 5.41) is 4.45. The number of benzene rings is 7. The van der Waals surface area contributed by atoms with Crippen molar-refractivity contribution in [3.05, 3.63) is 157 Å². The lowest BCUT2D eigenvalue weighted by Crippen LogP contribution is -2.09. The van der Waals surface area contributed by atoms with Crippen LogP contribution in [0.4, 0.5) is 0 Å². The van der Waals surface area contributed by atoms with Crippen LogP contribution in [-0.4, -0.2) is 9.55 Å². The van der Waals surface area contributed by atoms with Crippen molar-refractivity contribution in [3.63, 3.8) is 0 Å². The summed E-state index contributed by atoms with van der Waals surface area (Å²) in [6.07, 6.45) is 0. The van der Waals surface area contributed by atoms with Gasteiger partial charge in [-0.3, -0.25) is 4.57 Å². The summed E-state index contributed by atoms with van der Waals surface area (Å²) in [7, 11) is 0. The molecule has 256 valence electrons. The van der Waals surface area contributed by atoms with E-state index in [1.165, 1.54) is 16.7 Å².